The summed E-state index contributed by atoms with van der Waals surface area (Å²) in [6.07, 6.45) is 8.01. The van der Waals surface area contributed by atoms with Crippen LogP contribution in [0, 0.1) is 17.8 Å². The van der Waals surface area contributed by atoms with E-state index >= 15 is 0 Å². The van der Waals surface area contributed by atoms with Crippen LogP contribution < -0.4 is 4.74 Å². The number of aliphatic hydroxyl groups is 1. The van der Waals surface area contributed by atoms with Gasteiger partial charge in [0.2, 0.25) is 0 Å². The largest absolute Gasteiger partial charge is 0.507 e. The van der Waals surface area contributed by atoms with Crippen LogP contribution >= 0.6 is 0 Å². The van der Waals surface area contributed by atoms with Gasteiger partial charge >= 0.3 is 5.97 Å². The molecule has 4 bridgehead atoms. The van der Waals surface area contributed by atoms with Crippen LogP contribution in [0.25, 0.3) is 0 Å². The van der Waals surface area contributed by atoms with Gasteiger partial charge in [0.05, 0.1) is 17.6 Å². The molecule has 6 rings (SSSR count). The monoisotopic (exact) mass is 648 g/mol. The number of benzene rings is 1. The standard InChI is InChI=1S/C38H48O9/c1-19(2)10-9-11-21(5)13-15-23-29(39)24(14-12-20(3)4)33-27(30(23)40)32(42)28-31(41)25-18-26-36(7,8)47-37(34(25)43,38(26,28)46-33)17-16-22(6)35(44)45/h10,12-13,16,25-26,28,31,39-41H,9,11,14-15,17-18H2,1-8H3,(H,44,45)/b21-13+,22-16-/t25-,26-,28?,31?,37-,38-/m0/s1. The van der Waals surface area contributed by atoms with Crippen LogP contribution in [0.1, 0.15) is 103 Å². The van der Waals surface area contributed by atoms with Crippen molar-refractivity contribution >= 4 is 17.5 Å². The fraction of sp³-hybridized carbons (Fsp3) is 0.553. The number of ether oxygens (including phenoxy) is 2. The molecule has 5 aliphatic rings. The summed E-state index contributed by atoms with van der Waals surface area (Å²) in [5, 5.41) is 44.8. The molecular formula is C38H48O9. The minimum atomic E-state index is -1.78. The van der Waals surface area contributed by atoms with Crippen LogP contribution in [0.5, 0.6) is 17.2 Å². The Kier molecular flexibility index (Phi) is 8.90. The van der Waals surface area contributed by atoms with Crippen molar-refractivity contribution in [3.8, 4) is 17.2 Å². The predicted molar refractivity (Wildman–Crippen MR) is 177 cm³/mol. The molecule has 3 saturated carbocycles. The number of carbonyl (C=O) groups excluding carboxylic acids is 2. The number of carboxylic acid groups (broad SMARTS) is 1. The van der Waals surface area contributed by atoms with Gasteiger partial charge in [0, 0.05) is 35.0 Å². The molecule has 0 aromatic heterocycles. The summed E-state index contributed by atoms with van der Waals surface area (Å²) >= 11 is 0. The van der Waals surface area contributed by atoms with Gasteiger partial charge < -0.3 is 29.9 Å². The number of aliphatic hydroxyl groups excluding tert-OH is 1. The van der Waals surface area contributed by atoms with E-state index in [0.717, 1.165) is 24.0 Å². The molecular weight excluding hydrogens is 600 g/mol. The van der Waals surface area contributed by atoms with Gasteiger partial charge in [-0.15, -0.1) is 0 Å². The summed E-state index contributed by atoms with van der Waals surface area (Å²) in [6.45, 7) is 14.9. The average molecular weight is 649 g/mol. The van der Waals surface area contributed by atoms with Gasteiger partial charge in [-0.25, -0.2) is 4.79 Å². The van der Waals surface area contributed by atoms with Gasteiger partial charge in [0.25, 0.3) is 0 Å². The van der Waals surface area contributed by atoms with Crippen molar-refractivity contribution in [1.82, 2.24) is 0 Å². The number of rotatable bonds is 10. The van der Waals surface area contributed by atoms with Gasteiger partial charge in [-0.1, -0.05) is 41.0 Å². The summed E-state index contributed by atoms with van der Waals surface area (Å²) in [7, 11) is 0. The van der Waals surface area contributed by atoms with Crippen molar-refractivity contribution in [3.63, 3.8) is 0 Å². The van der Waals surface area contributed by atoms with Gasteiger partial charge in [-0.2, -0.15) is 0 Å². The number of phenolic OH excluding ortho intramolecular Hbond substituents is 2. The second-order valence-electron chi connectivity index (χ2n) is 14.8. The SMILES string of the molecule is CC(C)=CCC/C(C)=C/Cc1c(O)c(CC=C(C)C)c2c(c1O)C(=O)C1C(O)[C@@H]3C[C@H]4C(C)(C)O[C@@](C/C=C(/C)C(=O)O)(C3=O)[C@@]14O2. The van der Waals surface area contributed by atoms with E-state index in [1.165, 1.54) is 18.6 Å². The normalized spacial score (nSPS) is 30.4. The topological polar surface area (TPSA) is 151 Å². The van der Waals surface area contributed by atoms with Gasteiger partial charge in [-0.3, -0.25) is 9.59 Å². The highest BCUT2D eigenvalue weighted by Crippen LogP contribution is 2.70. The van der Waals surface area contributed by atoms with Crippen LogP contribution in [-0.4, -0.2) is 60.9 Å². The Morgan fingerprint density at radius 1 is 0.915 bits per heavy atom. The number of aliphatic carboxylic acids is 1. The molecule has 254 valence electrons. The maximum Gasteiger partial charge on any atom is 0.330 e. The minimum absolute atomic E-state index is 0.00268. The van der Waals surface area contributed by atoms with E-state index < -0.39 is 63.9 Å². The molecule has 3 aliphatic carbocycles. The number of carbonyl (C=O) groups is 3. The van der Waals surface area contributed by atoms with E-state index in [1.54, 1.807) is 0 Å². The van der Waals surface area contributed by atoms with E-state index in [2.05, 4.69) is 6.08 Å². The van der Waals surface area contributed by atoms with E-state index in [4.69, 9.17) is 9.47 Å². The molecule has 2 aliphatic heterocycles. The zero-order valence-electron chi connectivity index (χ0n) is 28.7. The first-order valence-electron chi connectivity index (χ1n) is 16.5. The molecule has 9 heteroatoms. The number of Topliss-reactive ketones (excluding diaryl/α,β-unsaturated/α-hetero) is 2. The molecule has 4 N–H and O–H groups in total. The first-order valence-corrected chi connectivity index (χ1v) is 16.5. The molecule has 1 spiro atoms. The first kappa shape index (κ1) is 34.6. The Morgan fingerprint density at radius 2 is 1.55 bits per heavy atom. The second-order valence-corrected chi connectivity index (χ2v) is 14.8. The highest BCUT2D eigenvalue weighted by molar-refractivity contribution is 6.09. The minimum Gasteiger partial charge on any atom is -0.507 e. The maximum atomic E-state index is 14.8. The quantitative estimate of drug-likeness (QED) is 0.169. The van der Waals surface area contributed by atoms with Crippen LogP contribution in [0.3, 0.4) is 0 Å². The van der Waals surface area contributed by atoms with Crippen LogP contribution in [0.2, 0.25) is 0 Å². The lowest BCUT2D eigenvalue weighted by molar-refractivity contribution is -0.220. The molecule has 9 nitrogen and oxygen atoms in total. The summed E-state index contributed by atoms with van der Waals surface area (Å²) in [6, 6.07) is 0. The second kappa shape index (κ2) is 12.1. The molecule has 47 heavy (non-hydrogen) atoms. The molecule has 0 amide bonds. The smallest absolute Gasteiger partial charge is 0.330 e. The van der Waals surface area contributed by atoms with Crippen LogP contribution in [0.15, 0.2) is 46.6 Å². The number of hydrogen-bond acceptors (Lipinski definition) is 8. The highest BCUT2D eigenvalue weighted by atomic mass is 16.6. The highest BCUT2D eigenvalue weighted by Gasteiger charge is 2.85. The van der Waals surface area contributed by atoms with Gasteiger partial charge in [0.1, 0.15) is 22.8 Å². The van der Waals surface area contributed by atoms with Crippen molar-refractivity contribution in [3.05, 3.63) is 63.3 Å². The number of ketones is 2. The number of fused-ring (bicyclic) bond motifs is 1. The van der Waals surface area contributed by atoms with E-state index in [1.807, 2.05) is 60.6 Å². The summed E-state index contributed by atoms with van der Waals surface area (Å²) in [5.74, 6) is -5.53. The number of aromatic hydroxyl groups is 2. The lowest BCUT2D eigenvalue weighted by Crippen LogP contribution is -2.80. The number of phenols is 2. The first-order chi connectivity index (χ1) is 21.9. The average Bonchev–Trinajstić information content (AvgIpc) is 3.10. The third-order valence-electron chi connectivity index (χ3n) is 10.8. The van der Waals surface area contributed by atoms with Crippen molar-refractivity contribution in [2.45, 2.75) is 117 Å². The summed E-state index contributed by atoms with van der Waals surface area (Å²) < 4.78 is 13.6. The molecule has 1 aromatic rings. The van der Waals surface area contributed by atoms with E-state index in [-0.39, 0.29) is 53.9 Å². The zero-order valence-corrected chi connectivity index (χ0v) is 28.7. The Balaban J connectivity index is 1.73. The Morgan fingerprint density at radius 3 is 2.17 bits per heavy atom. The molecule has 2 heterocycles. The molecule has 6 atom stereocenters. The van der Waals surface area contributed by atoms with Crippen LogP contribution in [-0.2, 0) is 27.2 Å². The number of hydrogen-bond donors (Lipinski definition) is 4. The zero-order chi connectivity index (χ0) is 34.8. The predicted octanol–water partition coefficient (Wildman–Crippen LogP) is 6.32. The van der Waals surface area contributed by atoms with Crippen molar-refractivity contribution in [2.24, 2.45) is 17.8 Å². The van der Waals surface area contributed by atoms with Gasteiger partial charge in [-0.05, 0) is 87.5 Å². The maximum absolute atomic E-state index is 14.8. The van der Waals surface area contributed by atoms with Crippen molar-refractivity contribution in [1.29, 1.82) is 0 Å². The third kappa shape index (κ3) is 5.26. The van der Waals surface area contributed by atoms with Crippen molar-refractivity contribution in [2.75, 3.05) is 0 Å². The fourth-order valence-corrected chi connectivity index (χ4v) is 8.39. The Labute approximate surface area is 276 Å². The number of carboxylic acids is 1. The van der Waals surface area contributed by atoms with E-state index in [0.29, 0.717) is 5.56 Å². The lowest BCUT2D eigenvalue weighted by Gasteiger charge is -2.61. The molecule has 0 radical (unpaired) electrons. The molecule has 1 aromatic carbocycles. The molecule has 1 saturated heterocycles. The number of allylic oxidation sites excluding steroid dienone is 6. The van der Waals surface area contributed by atoms with Crippen LogP contribution in [0.4, 0.5) is 0 Å². The molecule has 4 fully saturated rings. The Bertz CT molecular complexity index is 1650. The van der Waals surface area contributed by atoms with Gasteiger partial charge in [0.15, 0.2) is 22.8 Å². The summed E-state index contributed by atoms with van der Waals surface area (Å²) in [4.78, 5) is 40.8. The Hall–Kier alpha value is -3.69. The van der Waals surface area contributed by atoms with E-state index in [9.17, 15) is 34.8 Å². The third-order valence-corrected chi connectivity index (χ3v) is 10.8. The molecule has 2 unspecified atom stereocenters. The summed E-state index contributed by atoms with van der Waals surface area (Å²) in [5.41, 5.74) is -0.852. The fourth-order valence-electron chi connectivity index (χ4n) is 8.39. The lowest BCUT2D eigenvalue weighted by atomic mass is 9.45. The van der Waals surface area contributed by atoms with Crippen molar-refractivity contribution < 1.29 is 44.3 Å².